The molecule has 0 saturated carbocycles. The number of benzene rings is 1. The van der Waals surface area contributed by atoms with E-state index in [9.17, 15) is 15.3 Å². The third-order valence-corrected chi connectivity index (χ3v) is 5.11. The van der Waals surface area contributed by atoms with E-state index in [1.54, 1.807) is 18.2 Å². The van der Waals surface area contributed by atoms with Gasteiger partial charge in [0.2, 0.25) is 0 Å². The van der Waals surface area contributed by atoms with Gasteiger partial charge in [0.25, 0.3) is 0 Å². The smallest absolute Gasteiger partial charge is 0.164 e. The van der Waals surface area contributed by atoms with Crippen LogP contribution in [0.15, 0.2) is 18.7 Å². The van der Waals surface area contributed by atoms with Crippen molar-refractivity contribution in [3.63, 3.8) is 0 Å². The van der Waals surface area contributed by atoms with Crippen LogP contribution in [0.2, 0.25) is 15.2 Å². The Morgan fingerprint density at radius 2 is 1.83 bits per heavy atom. The van der Waals surface area contributed by atoms with E-state index in [4.69, 9.17) is 39.5 Å². The van der Waals surface area contributed by atoms with E-state index in [-0.39, 0.29) is 5.15 Å². The predicted molar refractivity (Wildman–Crippen MR) is 90.1 cm³/mol. The number of aliphatic hydroxyl groups excluding tert-OH is 3. The molecule has 0 spiro atoms. The summed E-state index contributed by atoms with van der Waals surface area (Å²) in [5.41, 5.74) is 1.19. The summed E-state index contributed by atoms with van der Waals surface area (Å²) in [5.74, 6) is 0. The fraction of sp³-hybridized carbons (Fsp3) is 0.333. The molecule has 8 heteroatoms. The maximum atomic E-state index is 10.3. The summed E-state index contributed by atoms with van der Waals surface area (Å²) in [6.45, 7) is 3.31. The summed E-state index contributed by atoms with van der Waals surface area (Å²) < 4.78 is 7.07. The maximum Gasteiger partial charge on any atom is 0.164 e. The van der Waals surface area contributed by atoms with Crippen LogP contribution in [0.3, 0.4) is 0 Å². The summed E-state index contributed by atoms with van der Waals surface area (Å²) in [5, 5.41) is 31.1. The van der Waals surface area contributed by atoms with E-state index in [2.05, 4.69) is 6.58 Å². The average molecular weight is 379 g/mol. The molecule has 0 amide bonds. The third kappa shape index (κ3) is 2.57. The van der Waals surface area contributed by atoms with Gasteiger partial charge in [-0.2, -0.15) is 0 Å². The SMILES string of the molecule is C=Cc1c(Cl)n([C@@H]2O[C@H](CO)C(O)[C@@H]2O)c2cc(Cl)c(Cl)cc12. The molecule has 1 aromatic heterocycles. The molecule has 1 unspecified atom stereocenters. The van der Waals surface area contributed by atoms with Gasteiger partial charge in [0.15, 0.2) is 6.23 Å². The van der Waals surface area contributed by atoms with Gasteiger partial charge in [-0.1, -0.05) is 47.5 Å². The van der Waals surface area contributed by atoms with Crippen molar-refractivity contribution in [3.8, 4) is 0 Å². The first-order valence-electron chi connectivity index (χ1n) is 6.84. The molecule has 1 aromatic carbocycles. The molecule has 0 aliphatic carbocycles. The first-order valence-corrected chi connectivity index (χ1v) is 7.97. The molecule has 1 saturated heterocycles. The van der Waals surface area contributed by atoms with Gasteiger partial charge in [0.1, 0.15) is 23.5 Å². The average Bonchev–Trinajstić information content (AvgIpc) is 2.94. The molecule has 3 N–H and O–H groups in total. The van der Waals surface area contributed by atoms with E-state index < -0.39 is 31.1 Å². The number of halogens is 3. The van der Waals surface area contributed by atoms with Gasteiger partial charge in [-0.25, -0.2) is 0 Å². The maximum absolute atomic E-state index is 10.3. The van der Waals surface area contributed by atoms with E-state index in [1.807, 2.05) is 0 Å². The van der Waals surface area contributed by atoms with Crippen molar-refractivity contribution >= 4 is 51.8 Å². The van der Waals surface area contributed by atoms with Crippen LogP contribution in [-0.4, -0.2) is 44.8 Å². The van der Waals surface area contributed by atoms with Crippen molar-refractivity contribution in [1.82, 2.24) is 4.57 Å². The molecule has 1 fully saturated rings. The number of rotatable bonds is 3. The monoisotopic (exact) mass is 377 g/mol. The number of hydrogen-bond donors (Lipinski definition) is 3. The number of fused-ring (bicyclic) bond motifs is 1. The molecule has 1 aliphatic heterocycles. The predicted octanol–water partition coefficient (Wildman–Crippen LogP) is 2.86. The second-order valence-electron chi connectivity index (χ2n) is 5.29. The molecule has 2 aromatic rings. The lowest BCUT2D eigenvalue weighted by atomic mass is 10.1. The second-order valence-corrected chi connectivity index (χ2v) is 6.46. The van der Waals surface area contributed by atoms with Crippen molar-refractivity contribution < 1.29 is 20.1 Å². The first kappa shape index (κ1) is 17.0. The van der Waals surface area contributed by atoms with Crippen LogP contribution in [0, 0.1) is 0 Å². The largest absolute Gasteiger partial charge is 0.394 e. The van der Waals surface area contributed by atoms with Gasteiger partial charge >= 0.3 is 0 Å². The highest BCUT2D eigenvalue weighted by Crippen LogP contribution is 2.41. The Morgan fingerprint density at radius 3 is 2.39 bits per heavy atom. The summed E-state index contributed by atoms with van der Waals surface area (Å²) >= 11 is 18.6. The van der Waals surface area contributed by atoms with Gasteiger partial charge in [-0.05, 0) is 12.1 Å². The standard InChI is InChI=1S/C15H14Cl3NO4/c1-2-6-7-3-8(16)9(17)4-10(7)19(14(6)18)15-13(22)12(21)11(5-20)23-15/h2-4,11-13,15,20-22H,1,5H2/t11-,12?,13+,15-/m1/s1. The summed E-state index contributed by atoms with van der Waals surface area (Å²) in [6.07, 6.45) is -2.80. The fourth-order valence-corrected chi connectivity index (χ4v) is 3.52. The molecule has 23 heavy (non-hydrogen) atoms. The molecule has 124 valence electrons. The Hall–Kier alpha value is -0.790. The highest BCUT2D eigenvalue weighted by Gasteiger charge is 2.44. The second kappa shape index (κ2) is 6.26. The van der Waals surface area contributed by atoms with E-state index in [0.29, 0.717) is 26.5 Å². The molecular formula is C15H14Cl3NO4. The van der Waals surface area contributed by atoms with Crippen LogP contribution in [0.4, 0.5) is 0 Å². The molecule has 1 aliphatic rings. The van der Waals surface area contributed by atoms with E-state index in [0.717, 1.165) is 0 Å². The molecule has 2 heterocycles. The van der Waals surface area contributed by atoms with Crippen LogP contribution in [0.5, 0.6) is 0 Å². The van der Waals surface area contributed by atoms with Crippen molar-refractivity contribution in [2.24, 2.45) is 0 Å². The molecule has 3 rings (SSSR count). The number of aliphatic hydroxyl groups is 3. The van der Waals surface area contributed by atoms with Gasteiger partial charge in [-0.15, -0.1) is 0 Å². The quantitative estimate of drug-likeness (QED) is 0.768. The Labute approximate surface area is 147 Å². The Kier molecular flexibility index (Phi) is 4.64. The molecule has 0 bridgehead atoms. The first-order chi connectivity index (χ1) is 10.9. The van der Waals surface area contributed by atoms with Crippen molar-refractivity contribution in [3.05, 3.63) is 39.5 Å². The highest BCUT2D eigenvalue weighted by molar-refractivity contribution is 6.43. The molecule has 0 radical (unpaired) electrons. The van der Waals surface area contributed by atoms with Crippen molar-refractivity contribution in [1.29, 1.82) is 0 Å². The van der Waals surface area contributed by atoms with E-state index in [1.165, 1.54) is 4.57 Å². The number of hydrogen-bond acceptors (Lipinski definition) is 4. The number of aromatic nitrogens is 1. The van der Waals surface area contributed by atoms with Crippen molar-refractivity contribution in [2.45, 2.75) is 24.5 Å². The zero-order valence-electron chi connectivity index (χ0n) is 11.8. The minimum atomic E-state index is -1.26. The summed E-state index contributed by atoms with van der Waals surface area (Å²) in [6, 6.07) is 3.26. The zero-order valence-corrected chi connectivity index (χ0v) is 14.1. The Bertz CT molecular complexity index is 776. The lowest BCUT2D eigenvalue weighted by Crippen LogP contribution is -2.33. The third-order valence-electron chi connectivity index (χ3n) is 4.00. The van der Waals surface area contributed by atoms with Crippen molar-refractivity contribution in [2.75, 3.05) is 6.61 Å². The molecule has 4 atom stereocenters. The van der Waals surface area contributed by atoms with Gasteiger partial charge in [-0.3, -0.25) is 0 Å². The Balaban J connectivity index is 2.24. The number of ether oxygens (including phenoxy) is 1. The van der Waals surface area contributed by atoms with Gasteiger partial charge in [0, 0.05) is 10.9 Å². The fourth-order valence-electron chi connectivity index (χ4n) is 2.83. The highest BCUT2D eigenvalue weighted by atomic mass is 35.5. The van der Waals surface area contributed by atoms with Crippen LogP contribution < -0.4 is 0 Å². The van der Waals surface area contributed by atoms with E-state index >= 15 is 0 Å². The summed E-state index contributed by atoms with van der Waals surface area (Å²) in [4.78, 5) is 0. The normalized spacial score (nSPS) is 27.7. The van der Waals surface area contributed by atoms with Crippen LogP contribution in [0.1, 0.15) is 11.8 Å². The van der Waals surface area contributed by atoms with Crippen LogP contribution in [0.25, 0.3) is 17.0 Å². The lowest BCUT2D eigenvalue weighted by molar-refractivity contribution is -0.0505. The topological polar surface area (TPSA) is 74.9 Å². The minimum Gasteiger partial charge on any atom is -0.394 e. The zero-order chi connectivity index (χ0) is 16.9. The molecule has 5 nitrogen and oxygen atoms in total. The van der Waals surface area contributed by atoms with Crippen LogP contribution in [-0.2, 0) is 4.74 Å². The Morgan fingerprint density at radius 1 is 1.17 bits per heavy atom. The van der Waals surface area contributed by atoms with Gasteiger partial charge < -0.3 is 24.6 Å². The van der Waals surface area contributed by atoms with Gasteiger partial charge in [0.05, 0.1) is 22.2 Å². The van der Waals surface area contributed by atoms with Crippen LogP contribution >= 0.6 is 34.8 Å². The summed E-state index contributed by atoms with van der Waals surface area (Å²) in [7, 11) is 0. The molecular weight excluding hydrogens is 365 g/mol. The number of nitrogens with zero attached hydrogens (tertiary/aromatic N) is 1. The minimum absolute atomic E-state index is 0.267. The lowest BCUT2D eigenvalue weighted by Gasteiger charge is -2.19.